The van der Waals surface area contributed by atoms with E-state index in [0.717, 1.165) is 36.5 Å². The second-order valence-corrected chi connectivity index (χ2v) is 8.73. The van der Waals surface area contributed by atoms with Crippen LogP contribution >= 0.6 is 0 Å². The van der Waals surface area contributed by atoms with Gasteiger partial charge in [0.05, 0.1) is 12.3 Å². The molecule has 0 N–H and O–H groups in total. The molecule has 0 bridgehead atoms. The summed E-state index contributed by atoms with van der Waals surface area (Å²) in [6.07, 6.45) is 23.1. The molecule has 0 saturated heterocycles. The molecule has 172 valence electrons. The zero-order valence-corrected chi connectivity index (χ0v) is 20.1. The van der Waals surface area contributed by atoms with E-state index in [-0.39, 0.29) is 0 Å². The van der Waals surface area contributed by atoms with E-state index in [0.29, 0.717) is 0 Å². The third-order valence-electron chi connectivity index (χ3n) is 5.99. The summed E-state index contributed by atoms with van der Waals surface area (Å²) in [5.74, 6) is 0.952. The van der Waals surface area contributed by atoms with Crippen molar-refractivity contribution < 1.29 is 4.74 Å². The number of rotatable bonds is 18. The number of hydrogen-bond acceptors (Lipinski definition) is 3. The standard InChI is InChI=1S/C28H44N2O/c1-3-5-7-9-10-11-12-14-18-22-31-27-21-17-16-20-26(27)28-25(23-29-24-30-28)19-15-13-8-6-4-2/h16-17,20-21,23-24H,3-15,18-19,22H2,1-2H3. The first kappa shape index (κ1) is 25.4. The maximum Gasteiger partial charge on any atom is 0.128 e. The summed E-state index contributed by atoms with van der Waals surface area (Å²) in [6, 6.07) is 8.35. The zero-order valence-electron chi connectivity index (χ0n) is 20.1. The summed E-state index contributed by atoms with van der Waals surface area (Å²) < 4.78 is 6.20. The summed E-state index contributed by atoms with van der Waals surface area (Å²) in [5, 5.41) is 0. The lowest BCUT2D eigenvalue weighted by atomic mass is 10.0. The molecule has 0 amide bonds. The van der Waals surface area contributed by atoms with Crippen LogP contribution < -0.4 is 4.74 Å². The molecule has 0 aliphatic carbocycles. The predicted molar refractivity (Wildman–Crippen MR) is 133 cm³/mol. The number of benzene rings is 1. The average Bonchev–Trinajstić information content (AvgIpc) is 2.81. The first-order valence-electron chi connectivity index (χ1n) is 12.9. The molecule has 0 unspecified atom stereocenters. The van der Waals surface area contributed by atoms with Crippen LogP contribution in [0.4, 0.5) is 0 Å². The largest absolute Gasteiger partial charge is 0.493 e. The Morgan fingerprint density at radius 3 is 2.03 bits per heavy atom. The van der Waals surface area contributed by atoms with Crippen LogP contribution in [0.15, 0.2) is 36.8 Å². The van der Waals surface area contributed by atoms with E-state index in [1.54, 1.807) is 6.33 Å². The van der Waals surface area contributed by atoms with Crippen LogP contribution in [0, 0.1) is 0 Å². The second-order valence-electron chi connectivity index (χ2n) is 8.73. The Morgan fingerprint density at radius 1 is 0.710 bits per heavy atom. The Balaban J connectivity index is 1.80. The lowest BCUT2D eigenvalue weighted by Gasteiger charge is -2.13. The Kier molecular flexibility index (Phi) is 13.7. The van der Waals surface area contributed by atoms with E-state index in [4.69, 9.17) is 4.74 Å². The number of hydrogen-bond donors (Lipinski definition) is 0. The minimum Gasteiger partial charge on any atom is -0.493 e. The maximum absolute atomic E-state index is 6.20. The van der Waals surface area contributed by atoms with Gasteiger partial charge in [-0.25, -0.2) is 9.97 Å². The predicted octanol–water partition coefficient (Wildman–Crippen LogP) is 8.57. The van der Waals surface area contributed by atoms with Crippen molar-refractivity contribution in [2.24, 2.45) is 0 Å². The van der Waals surface area contributed by atoms with Crippen LogP contribution in [0.5, 0.6) is 5.75 Å². The van der Waals surface area contributed by atoms with Gasteiger partial charge in [0.25, 0.3) is 0 Å². The first-order chi connectivity index (χ1) is 15.4. The zero-order chi connectivity index (χ0) is 22.0. The summed E-state index contributed by atoms with van der Waals surface area (Å²) >= 11 is 0. The number of para-hydroxylation sites is 1. The van der Waals surface area contributed by atoms with Gasteiger partial charge in [-0.05, 0) is 37.0 Å². The number of aryl methyl sites for hydroxylation is 1. The molecule has 3 nitrogen and oxygen atoms in total. The SMILES string of the molecule is CCCCCCCCCCCOc1ccccc1-c1ncncc1CCCCCCC. The van der Waals surface area contributed by atoms with Crippen LogP contribution in [-0.2, 0) is 6.42 Å². The minimum atomic E-state index is 0.782. The van der Waals surface area contributed by atoms with Gasteiger partial charge in [-0.3, -0.25) is 0 Å². The first-order valence-corrected chi connectivity index (χ1v) is 12.9. The van der Waals surface area contributed by atoms with Crippen molar-refractivity contribution in [1.82, 2.24) is 9.97 Å². The van der Waals surface area contributed by atoms with Gasteiger partial charge in [0.1, 0.15) is 12.1 Å². The van der Waals surface area contributed by atoms with Gasteiger partial charge in [-0.1, -0.05) is 103 Å². The van der Waals surface area contributed by atoms with Gasteiger partial charge in [-0.15, -0.1) is 0 Å². The van der Waals surface area contributed by atoms with Crippen LogP contribution in [0.3, 0.4) is 0 Å². The van der Waals surface area contributed by atoms with Crippen molar-refractivity contribution in [2.45, 2.75) is 110 Å². The molecule has 0 aliphatic rings. The molecule has 3 heteroatoms. The molecule has 0 atom stereocenters. The fraction of sp³-hybridized carbons (Fsp3) is 0.643. The third kappa shape index (κ3) is 10.3. The number of nitrogens with zero attached hydrogens (tertiary/aromatic N) is 2. The molecular formula is C28H44N2O. The molecule has 2 aromatic rings. The molecule has 0 spiro atoms. The highest BCUT2D eigenvalue weighted by atomic mass is 16.5. The fourth-order valence-electron chi connectivity index (χ4n) is 4.09. The normalized spacial score (nSPS) is 11.0. The van der Waals surface area contributed by atoms with E-state index in [2.05, 4.69) is 48.1 Å². The van der Waals surface area contributed by atoms with Crippen molar-refractivity contribution >= 4 is 0 Å². The molecule has 1 aromatic heterocycles. The number of aromatic nitrogens is 2. The molecule has 1 heterocycles. The maximum atomic E-state index is 6.20. The van der Waals surface area contributed by atoms with Crippen molar-refractivity contribution in [3.63, 3.8) is 0 Å². The Labute approximate surface area is 191 Å². The van der Waals surface area contributed by atoms with E-state index in [9.17, 15) is 0 Å². The van der Waals surface area contributed by atoms with E-state index in [1.165, 1.54) is 89.0 Å². The monoisotopic (exact) mass is 424 g/mol. The Hall–Kier alpha value is -1.90. The van der Waals surface area contributed by atoms with Gasteiger partial charge >= 0.3 is 0 Å². The average molecular weight is 425 g/mol. The highest BCUT2D eigenvalue weighted by Crippen LogP contribution is 2.31. The van der Waals surface area contributed by atoms with Gasteiger partial charge < -0.3 is 4.74 Å². The lowest BCUT2D eigenvalue weighted by molar-refractivity contribution is 0.305. The van der Waals surface area contributed by atoms with Crippen LogP contribution in [0.2, 0.25) is 0 Å². The molecule has 1 aromatic carbocycles. The highest BCUT2D eigenvalue weighted by molar-refractivity contribution is 5.69. The molecule has 0 fully saturated rings. The molecular weight excluding hydrogens is 380 g/mol. The molecule has 0 aliphatic heterocycles. The van der Waals surface area contributed by atoms with E-state index in [1.807, 2.05) is 6.20 Å². The summed E-state index contributed by atoms with van der Waals surface area (Å²) in [6.45, 7) is 5.32. The number of ether oxygens (including phenoxy) is 1. The second kappa shape index (κ2) is 16.8. The topological polar surface area (TPSA) is 35.0 Å². The summed E-state index contributed by atoms with van der Waals surface area (Å²) in [7, 11) is 0. The van der Waals surface area contributed by atoms with Crippen molar-refractivity contribution in [3.8, 4) is 17.0 Å². The van der Waals surface area contributed by atoms with Gasteiger partial charge in [-0.2, -0.15) is 0 Å². The van der Waals surface area contributed by atoms with Crippen molar-refractivity contribution in [2.75, 3.05) is 6.61 Å². The van der Waals surface area contributed by atoms with Gasteiger partial charge in [0.15, 0.2) is 0 Å². The fourth-order valence-corrected chi connectivity index (χ4v) is 4.09. The van der Waals surface area contributed by atoms with Crippen LogP contribution in [0.25, 0.3) is 11.3 Å². The quantitative estimate of drug-likeness (QED) is 0.225. The summed E-state index contributed by atoms with van der Waals surface area (Å²) in [5.41, 5.74) is 3.37. The van der Waals surface area contributed by atoms with Crippen molar-refractivity contribution in [1.29, 1.82) is 0 Å². The Morgan fingerprint density at radius 2 is 1.32 bits per heavy atom. The molecule has 0 radical (unpaired) electrons. The Bertz CT molecular complexity index is 701. The highest BCUT2D eigenvalue weighted by Gasteiger charge is 2.12. The summed E-state index contributed by atoms with van der Waals surface area (Å²) in [4.78, 5) is 8.92. The minimum absolute atomic E-state index is 0.782. The molecule has 0 saturated carbocycles. The number of unbranched alkanes of at least 4 members (excludes halogenated alkanes) is 12. The molecule has 31 heavy (non-hydrogen) atoms. The van der Waals surface area contributed by atoms with Crippen molar-refractivity contribution in [3.05, 3.63) is 42.4 Å². The lowest BCUT2D eigenvalue weighted by Crippen LogP contribution is -2.01. The van der Waals surface area contributed by atoms with E-state index >= 15 is 0 Å². The smallest absolute Gasteiger partial charge is 0.128 e. The van der Waals surface area contributed by atoms with Gasteiger partial charge in [0.2, 0.25) is 0 Å². The van der Waals surface area contributed by atoms with Crippen LogP contribution in [0.1, 0.15) is 109 Å². The third-order valence-corrected chi connectivity index (χ3v) is 5.99. The molecule has 2 rings (SSSR count). The van der Waals surface area contributed by atoms with E-state index < -0.39 is 0 Å². The van der Waals surface area contributed by atoms with Crippen LogP contribution in [-0.4, -0.2) is 16.6 Å². The van der Waals surface area contributed by atoms with Gasteiger partial charge in [0, 0.05) is 11.8 Å².